The predicted octanol–water partition coefficient (Wildman–Crippen LogP) is 1.81. The van der Waals surface area contributed by atoms with E-state index in [-0.39, 0.29) is 0 Å². The van der Waals surface area contributed by atoms with Crippen LogP contribution in [0.3, 0.4) is 0 Å². The third kappa shape index (κ3) is 2.53. The Morgan fingerprint density at radius 3 is 2.86 bits per heavy atom. The highest BCUT2D eigenvalue weighted by molar-refractivity contribution is 6.32. The van der Waals surface area contributed by atoms with E-state index < -0.39 is 12.6 Å². The van der Waals surface area contributed by atoms with Gasteiger partial charge in [0.1, 0.15) is 0 Å². The van der Waals surface area contributed by atoms with E-state index in [1.54, 1.807) is 18.2 Å². The van der Waals surface area contributed by atoms with Crippen LogP contribution in [-0.4, -0.2) is 24.8 Å². The maximum Gasteiger partial charge on any atom is 0.341 e. The van der Waals surface area contributed by atoms with Gasteiger partial charge in [-0.15, -0.1) is 0 Å². The minimum atomic E-state index is -1.05. The molecule has 0 saturated heterocycles. The largest absolute Gasteiger partial charge is 0.491 e. The fourth-order valence-electron chi connectivity index (χ4n) is 0.940. The molecule has 5 heteroatoms. The van der Waals surface area contributed by atoms with Gasteiger partial charge in [-0.3, -0.25) is 0 Å². The SMILES string of the molecule is COc1c(Cl)cccc1OCC(=O)O. The fourth-order valence-corrected chi connectivity index (χ4v) is 1.18. The zero-order chi connectivity index (χ0) is 10.6. The maximum absolute atomic E-state index is 10.3. The maximum atomic E-state index is 10.3. The van der Waals surface area contributed by atoms with Gasteiger partial charge in [0.15, 0.2) is 18.1 Å². The van der Waals surface area contributed by atoms with Crippen molar-refractivity contribution in [2.24, 2.45) is 0 Å². The fraction of sp³-hybridized carbons (Fsp3) is 0.222. The molecule has 0 fully saturated rings. The highest BCUT2D eigenvalue weighted by atomic mass is 35.5. The van der Waals surface area contributed by atoms with Crippen LogP contribution < -0.4 is 9.47 Å². The Bertz CT molecular complexity index is 338. The number of hydrogen-bond donors (Lipinski definition) is 1. The molecule has 0 saturated carbocycles. The van der Waals surface area contributed by atoms with E-state index in [4.69, 9.17) is 26.2 Å². The first-order valence-electron chi connectivity index (χ1n) is 3.82. The third-order valence-electron chi connectivity index (χ3n) is 1.49. The van der Waals surface area contributed by atoms with E-state index >= 15 is 0 Å². The summed E-state index contributed by atoms with van der Waals surface area (Å²) in [6.07, 6.45) is 0. The first kappa shape index (κ1) is 10.7. The molecule has 0 bridgehead atoms. The summed E-state index contributed by atoms with van der Waals surface area (Å²) in [7, 11) is 1.44. The lowest BCUT2D eigenvalue weighted by Crippen LogP contribution is -2.10. The van der Waals surface area contributed by atoms with E-state index in [9.17, 15) is 4.79 Å². The van der Waals surface area contributed by atoms with Gasteiger partial charge in [0.2, 0.25) is 0 Å². The van der Waals surface area contributed by atoms with Crippen LogP contribution in [-0.2, 0) is 4.79 Å². The Kier molecular flexibility index (Phi) is 3.59. The summed E-state index contributed by atoms with van der Waals surface area (Å²) in [5.41, 5.74) is 0. The van der Waals surface area contributed by atoms with Gasteiger partial charge in [-0.1, -0.05) is 17.7 Å². The molecule has 1 aromatic rings. The second-order valence-corrected chi connectivity index (χ2v) is 2.86. The molecular weight excluding hydrogens is 208 g/mol. The van der Waals surface area contributed by atoms with Crippen molar-refractivity contribution in [3.63, 3.8) is 0 Å². The average Bonchev–Trinajstić information content (AvgIpc) is 2.14. The summed E-state index contributed by atoms with van der Waals surface area (Å²) in [5.74, 6) is -0.384. The molecule has 1 rings (SSSR count). The Labute approximate surface area is 86.0 Å². The first-order chi connectivity index (χ1) is 6.65. The highest BCUT2D eigenvalue weighted by Crippen LogP contribution is 2.34. The van der Waals surface area contributed by atoms with Crippen molar-refractivity contribution >= 4 is 17.6 Å². The van der Waals surface area contributed by atoms with Crippen LogP contribution >= 0.6 is 11.6 Å². The molecule has 1 N–H and O–H groups in total. The number of aliphatic carboxylic acids is 1. The van der Waals surface area contributed by atoms with Gasteiger partial charge in [-0.2, -0.15) is 0 Å². The number of methoxy groups -OCH3 is 1. The summed E-state index contributed by atoms with van der Waals surface area (Å²) in [6.45, 7) is -0.420. The summed E-state index contributed by atoms with van der Waals surface area (Å²) in [5, 5.41) is 8.79. The normalized spacial score (nSPS) is 9.57. The Morgan fingerprint density at radius 1 is 1.57 bits per heavy atom. The molecule has 4 nitrogen and oxygen atoms in total. The minimum Gasteiger partial charge on any atom is -0.491 e. The topological polar surface area (TPSA) is 55.8 Å². The van der Waals surface area contributed by atoms with E-state index in [1.807, 2.05) is 0 Å². The Hall–Kier alpha value is -1.42. The van der Waals surface area contributed by atoms with E-state index in [0.717, 1.165) is 0 Å². The lowest BCUT2D eigenvalue weighted by atomic mass is 10.3. The predicted molar refractivity (Wildman–Crippen MR) is 51.1 cm³/mol. The van der Waals surface area contributed by atoms with Crippen LogP contribution in [0, 0.1) is 0 Å². The van der Waals surface area contributed by atoms with Crippen LogP contribution in [0.5, 0.6) is 11.5 Å². The van der Waals surface area contributed by atoms with Crippen LogP contribution in [0.1, 0.15) is 0 Å². The molecule has 0 radical (unpaired) electrons. The summed E-state index contributed by atoms with van der Waals surface area (Å²) >= 11 is 5.79. The first-order valence-corrected chi connectivity index (χ1v) is 4.20. The molecule has 0 spiro atoms. The number of benzene rings is 1. The third-order valence-corrected chi connectivity index (χ3v) is 1.78. The summed E-state index contributed by atoms with van der Waals surface area (Å²) < 4.78 is 9.92. The lowest BCUT2D eigenvalue weighted by molar-refractivity contribution is -0.139. The van der Waals surface area contributed by atoms with Crippen molar-refractivity contribution in [1.29, 1.82) is 0 Å². The minimum absolute atomic E-state index is 0.322. The quantitative estimate of drug-likeness (QED) is 0.834. The Balaban J connectivity index is 2.85. The van der Waals surface area contributed by atoms with E-state index in [1.165, 1.54) is 7.11 Å². The monoisotopic (exact) mass is 216 g/mol. The molecule has 0 aliphatic carbocycles. The molecule has 0 atom stereocenters. The van der Waals surface area contributed by atoms with Crippen molar-refractivity contribution in [2.75, 3.05) is 13.7 Å². The van der Waals surface area contributed by atoms with Gasteiger partial charge >= 0.3 is 5.97 Å². The van der Waals surface area contributed by atoms with Crippen LogP contribution in [0.2, 0.25) is 5.02 Å². The van der Waals surface area contributed by atoms with E-state index in [2.05, 4.69) is 0 Å². The number of rotatable bonds is 4. The molecular formula is C9H9ClO4. The number of hydrogen-bond acceptors (Lipinski definition) is 3. The van der Waals surface area contributed by atoms with Gasteiger partial charge in [-0.25, -0.2) is 4.79 Å². The van der Waals surface area contributed by atoms with Gasteiger partial charge in [0.05, 0.1) is 12.1 Å². The van der Waals surface area contributed by atoms with Crippen LogP contribution in [0.15, 0.2) is 18.2 Å². The van der Waals surface area contributed by atoms with Crippen LogP contribution in [0.4, 0.5) is 0 Å². The molecule has 0 aromatic heterocycles. The number of halogens is 1. The zero-order valence-corrected chi connectivity index (χ0v) is 8.25. The molecule has 0 unspecified atom stereocenters. The number of carboxylic acids is 1. The second kappa shape index (κ2) is 4.72. The standard InChI is InChI=1S/C9H9ClO4/c1-13-9-6(10)3-2-4-7(9)14-5-8(11)12/h2-4H,5H2,1H3,(H,11,12). The Morgan fingerprint density at radius 2 is 2.29 bits per heavy atom. The van der Waals surface area contributed by atoms with Gasteiger partial charge in [-0.05, 0) is 12.1 Å². The molecule has 76 valence electrons. The van der Waals surface area contributed by atoms with Crippen molar-refractivity contribution in [2.45, 2.75) is 0 Å². The smallest absolute Gasteiger partial charge is 0.341 e. The van der Waals surface area contributed by atoms with Gasteiger partial charge < -0.3 is 14.6 Å². The zero-order valence-electron chi connectivity index (χ0n) is 7.49. The van der Waals surface area contributed by atoms with Crippen molar-refractivity contribution in [3.05, 3.63) is 23.2 Å². The molecule has 0 aliphatic heterocycles. The van der Waals surface area contributed by atoms with E-state index in [0.29, 0.717) is 16.5 Å². The molecule has 1 aromatic carbocycles. The van der Waals surface area contributed by atoms with Gasteiger partial charge in [0, 0.05) is 0 Å². The highest BCUT2D eigenvalue weighted by Gasteiger charge is 2.09. The van der Waals surface area contributed by atoms with Crippen molar-refractivity contribution in [1.82, 2.24) is 0 Å². The molecule has 0 heterocycles. The molecule has 0 aliphatic rings. The summed E-state index contributed by atoms with van der Waals surface area (Å²) in [6, 6.07) is 4.88. The van der Waals surface area contributed by atoms with Crippen molar-refractivity contribution in [3.8, 4) is 11.5 Å². The number of carbonyl (C=O) groups is 1. The average molecular weight is 217 g/mol. The molecule has 14 heavy (non-hydrogen) atoms. The number of ether oxygens (including phenoxy) is 2. The summed E-state index contributed by atoms with van der Waals surface area (Å²) in [4.78, 5) is 10.3. The molecule has 0 amide bonds. The second-order valence-electron chi connectivity index (χ2n) is 2.45. The number of carboxylic acid groups (broad SMARTS) is 1. The number of para-hydroxylation sites is 1. The van der Waals surface area contributed by atoms with Crippen LogP contribution in [0.25, 0.3) is 0 Å². The van der Waals surface area contributed by atoms with Gasteiger partial charge in [0.25, 0.3) is 0 Å². The lowest BCUT2D eigenvalue weighted by Gasteiger charge is -2.09. The van der Waals surface area contributed by atoms with Crippen molar-refractivity contribution < 1.29 is 19.4 Å².